The molecule has 4 rings (SSSR count). The van der Waals surface area contributed by atoms with E-state index in [9.17, 15) is 33.6 Å². The van der Waals surface area contributed by atoms with Crippen molar-refractivity contribution in [2.24, 2.45) is 11.8 Å². The number of amides is 2. The molecule has 0 saturated heterocycles. The molecule has 0 spiro atoms. The summed E-state index contributed by atoms with van der Waals surface area (Å²) in [6.07, 6.45) is 0.437. The Labute approximate surface area is 271 Å². The zero-order valence-corrected chi connectivity index (χ0v) is 27.7. The van der Waals surface area contributed by atoms with Gasteiger partial charge in [-0.05, 0) is 50.6 Å². The first-order chi connectivity index (χ1) is 21.9. The van der Waals surface area contributed by atoms with Gasteiger partial charge in [-0.25, -0.2) is 0 Å². The maximum atomic E-state index is 14.6. The Hall–Kier alpha value is -5.11. The van der Waals surface area contributed by atoms with Crippen LogP contribution in [-0.4, -0.2) is 80.6 Å². The van der Waals surface area contributed by atoms with Crippen LogP contribution in [-0.2, 0) is 49.4 Å². The molecule has 1 aromatic rings. The van der Waals surface area contributed by atoms with Crippen molar-refractivity contribution in [1.82, 2.24) is 10.2 Å². The molecule has 0 aliphatic heterocycles. The van der Waals surface area contributed by atoms with Gasteiger partial charge >= 0.3 is 23.9 Å². The van der Waals surface area contributed by atoms with E-state index in [0.29, 0.717) is 11.3 Å². The van der Waals surface area contributed by atoms with Crippen LogP contribution in [0.4, 0.5) is 5.69 Å². The van der Waals surface area contributed by atoms with Crippen molar-refractivity contribution >= 4 is 47.2 Å². The second kappa shape index (κ2) is 13.3. The van der Waals surface area contributed by atoms with E-state index in [2.05, 4.69) is 5.32 Å². The smallest absolute Gasteiger partial charge is 0.308 e. The molecule has 14 nitrogen and oxygen atoms in total. The molecule has 1 N–H and O–H groups in total. The van der Waals surface area contributed by atoms with Crippen molar-refractivity contribution < 1.29 is 52.5 Å². The number of likely N-dealkylation sites (N-methyl/N-ethyl adjacent to an activating group) is 1. The van der Waals surface area contributed by atoms with Crippen LogP contribution in [0, 0.1) is 11.8 Å². The first-order valence-electron chi connectivity index (χ1n) is 14.8. The van der Waals surface area contributed by atoms with Gasteiger partial charge in [-0.1, -0.05) is 0 Å². The molecule has 0 heterocycles. The van der Waals surface area contributed by atoms with Gasteiger partial charge in [-0.2, -0.15) is 0 Å². The normalized spacial score (nSPS) is 20.1. The SMILES string of the molecule is CC(=O)NC(=O)C1=C(OC(C)=O)C(N(C)C)C2CC3Cc4c(N(C)C)ccc(OC(C)=O)c4C(=O)C3=C(OC(C)=O)C2=C1OC(C)=O. The van der Waals surface area contributed by atoms with Crippen molar-refractivity contribution in [3.8, 4) is 5.75 Å². The molecule has 3 atom stereocenters. The molecule has 14 heteroatoms. The maximum absolute atomic E-state index is 14.6. The first kappa shape index (κ1) is 34.8. The van der Waals surface area contributed by atoms with Crippen molar-refractivity contribution in [1.29, 1.82) is 0 Å². The molecule has 3 aliphatic rings. The molecule has 3 unspecified atom stereocenters. The minimum absolute atomic E-state index is 0.0147. The van der Waals surface area contributed by atoms with E-state index in [4.69, 9.17) is 18.9 Å². The number of benzene rings is 1. The lowest BCUT2D eigenvalue weighted by atomic mass is 9.64. The van der Waals surface area contributed by atoms with Gasteiger partial charge in [0.25, 0.3) is 5.91 Å². The number of ketones is 1. The summed E-state index contributed by atoms with van der Waals surface area (Å²) in [4.78, 5) is 93.5. The lowest BCUT2D eigenvalue weighted by Crippen LogP contribution is -2.49. The Balaban J connectivity index is 2.18. The summed E-state index contributed by atoms with van der Waals surface area (Å²) >= 11 is 0. The number of ether oxygens (including phenoxy) is 4. The number of allylic oxidation sites excluding steroid dienone is 2. The standard InChI is InChI=1S/C33H37N3O11/c1-14(37)34-33(43)27-31(46-17(4)40)26-21(28(36(8)9)32(27)47-18(5)41)13-19-12-20-22(35(6)7)10-11-23(44-15(2)38)25(20)29(42)24(19)30(26)45-16(3)39/h10-11,19,21,28H,12-13H2,1-9H3,(H,34,37,43). The fraction of sp³-hybridized carbons (Fsp3) is 0.424. The minimum Gasteiger partial charge on any atom is -0.429 e. The van der Waals surface area contributed by atoms with E-state index in [0.717, 1.165) is 27.7 Å². The molecule has 1 aromatic carbocycles. The number of nitrogens with zero attached hydrogens (tertiary/aromatic N) is 2. The largest absolute Gasteiger partial charge is 0.429 e. The molecule has 0 radical (unpaired) electrons. The Morgan fingerprint density at radius 1 is 0.766 bits per heavy atom. The minimum atomic E-state index is -1.05. The fourth-order valence-corrected chi connectivity index (χ4v) is 6.56. The van der Waals surface area contributed by atoms with Crippen LogP contribution in [0.3, 0.4) is 0 Å². The molecule has 0 aromatic heterocycles. The topological polar surface area (TPSA) is 175 Å². The third kappa shape index (κ3) is 6.73. The van der Waals surface area contributed by atoms with Gasteiger partial charge in [0.15, 0.2) is 11.5 Å². The van der Waals surface area contributed by atoms with Gasteiger partial charge in [0, 0.05) is 71.5 Å². The quantitative estimate of drug-likeness (QED) is 0.258. The highest BCUT2D eigenvalue weighted by Gasteiger charge is 2.53. The van der Waals surface area contributed by atoms with Crippen LogP contribution >= 0.6 is 0 Å². The predicted molar refractivity (Wildman–Crippen MR) is 164 cm³/mol. The highest BCUT2D eigenvalue weighted by Crippen LogP contribution is 2.53. The van der Waals surface area contributed by atoms with Crippen LogP contribution in [0.2, 0.25) is 0 Å². The lowest BCUT2D eigenvalue weighted by molar-refractivity contribution is -0.138. The Morgan fingerprint density at radius 2 is 1.34 bits per heavy atom. The van der Waals surface area contributed by atoms with E-state index in [-0.39, 0.29) is 46.8 Å². The maximum Gasteiger partial charge on any atom is 0.308 e. The highest BCUT2D eigenvalue weighted by molar-refractivity contribution is 6.15. The summed E-state index contributed by atoms with van der Waals surface area (Å²) in [5, 5.41) is 2.14. The van der Waals surface area contributed by atoms with Crippen LogP contribution in [0.1, 0.15) is 57.0 Å². The van der Waals surface area contributed by atoms with Gasteiger partial charge in [0.05, 0.1) is 11.6 Å². The Kier molecular flexibility index (Phi) is 9.85. The summed E-state index contributed by atoms with van der Waals surface area (Å²) in [6, 6.07) is 2.35. The lowest BCUT2D eigenvalue weighted by Gasteiger charge is -2.45. The molecule has 47 heavy (non-hydrogen) atoms. The third-order valence-electron chi connectivity index (χ3n) is 7.90. The second-order valence-corrected chi connectivity index (χ2v) is 11.9. The second-order valence-electron chi connectivity index (χ2n) is 11.9. The molecule has 0 fully saturated rings. The zero-order valence-electron chi connectivity index (χ0n) is 27.7. The predicted octanol–water partition coefficient (Wildman–Crippen LogP) is 2.11. The van der Waals surface area contributed by atoms with Crippen molar-refractivity contribution in [3.63, 3.8) is 0 Å². The molecule has 0 bridgehead atoms. The summed E-state index contributed by atoms with van der Waals surface area (Å²) in [6.45, 7) is 5.64. The number of esters is 4. The number of hydrogen-bond donors (Lipinski definition) is 1. The number of carbonyl (C=O) groups is 7. The van der Waals surface area contributed by atoms with E-state index in [1.807, 2.05) is 4.90 Å². The summed E-state index contributed by atoms with van der Waals surface area (Å²) in [5.41, 5.74) is 1.03. The van der Waals surface area contributed by atoms with E-state index in [1.54, 1.807) is 39.2 Å². The number of imide groups is 1. The Morgan fingerprint density at radius 3 is 1.85 bits per heavy atom. The molecular formula is C33H37N3O11. The first-order valence-corrected chi connectivity index (χ1v) is 14.8. The number of anilines is 1. The molecule has 0 saturated carbocycles. The molecule has 3 aliphatic carbocycles. The average Bonchev–Trinajstić information content (AvgIpc) is 2.90. The van der Waals surface area contributed by atoms with Crippen molar-refractivity contribution in [3.05, 3.63) is 57.3 Å². The van der Waals surface area contributed by atoms with Gasteiger partial charge < -0.3 is 23.8 Å². The van der Waals surface area contributed by atoms with Gasteiger partial charge in [0.1, 0.15) is 22.8 Å². The fourth-order valence-electron chi connectivity index (χ4n) is 6.56. The number of rotatable bonds is 7. The van der Waals surface area contributed by atoms with E-state index in [1.165, 1.54) is 13.0 Å². The van der Waals surface area contributed by atoms with Crippen molar-refractivity contribution in [2.75, 3.05) is 33.1 Å². The van der Waals surface area contributed by atoms with Crippen LogP contribution in [0.25, 0.3) is 0 Å². The summed E-state index contributed by atoms with van der Waals surface area (Å²) < 4.78 is 22.5. The highest BCUT2D eigenvalue weighted by atomic mass is 16.6. The number of carbonyl (C=O) groups excluding carboxylic acids is 7. The molecule has 250 valence electrons. The molecular weight excluding hydrogens is 614 g/mol. The number of nitrogens with one attached hydrogen (secondary N) is 1. The third-order valence-corrected chi connectivity index (χ3v) is 7.90. The number of Topliss-reactive ketones (excluding diaryl/α,β-unsaturated/α-hetero) is 1. The monoisotopic (exact) mass is 651 g/mol. The van der Waals surface area contributed by atoms with Gasteiger partial charge in [0.2, 0.25) is 5.91 Å². The van der Waals surface area contributed by atoms with Crippen LogP contribution in [0.15, 0.2) is 46.1 Å². The van der Waals surface area contributed by atoms with E-state index < -0.39 is 70.7 Å². The Bertz CT molecular complexity index is 1710. The summed E-state index contributed by atoms with van der Waals surface area (Å²) in [7, 11) is 6.96. The van der Waals surface area contributed by atoms with Gasteiger partial charge in [-0.3, -0.25) is 43.8 Å². The van der Waals surface area contributed by atoms with Crippen LogP contribution in [0.5, 0.6) is 5.75 Å². The van der Waals surface area contributed by atoms with Crippen molar-refractivity contribution in [2.45, 2.75) is 53.5 Å². The molecule has 2 amide bonds. The number of hydrogen-bond acceptors (Lipinski definition) is 13. The van der Waals surface area contributed by atoms with Crippen LogP contribution < -0.4 is 15.0 Å². The summed E-state index contributed by atoms with van der Waals surface area (Å²) in [5.74, 6) is -7.72. The van der Waals surface area contributed by atoms with E-state index >= 15 is 0 Å². The number of fused-ring (bicyclic) bond motifs is 3. The average molecular weight is 652 g/mol. The zero-order chi connectivity index (χ0) is 35.1. The van der Waals surface area contributed by atoms with Gasteiger partial charge in [-0.15, -0.1) is 0 Å².